The third kappa shape index (κ3) is 2.81. The van der Waals surface area contributed by atoms with Gasteiger partial charge in [-0.05, 0) is 30.2 Å². The zero-order chi connectivity index (χ0) is 16.5. The Morgan fingerprint density at radius 2 is 2.00 bits per heavy atom. The van der Waals surface area contributed by atoms with E-state index < -0.39 is 0 Å². The van der Waals surface area contributed by atoms with E-state index in [1.54, 1.807) is 0 Å². The Hall–Kier alpha value is -2.59. The molecule has 3 aromatic rings. The highest BCUT2D eigenvalue weighted by Gasteiger charge is 2.26. The molecule has 24 heavy (non-hydrogen) atoms. The molecular weight excluding hydrogens is 300 g/mol. The molecule has 1 aromatic heterocycles. The summed E-state index contributed by atoms with van der Waals surface area (Å²) in [5, 5.41) is 1.07. The molecule has 1 fully saturated rings. The van der Waals surface area contributed by atoms with Crippen molar-refractivity contribution >= 4 is 16.8 Å². The van der Waals surface area contributed by atoms with E-state index in [1.807, 2.05) is 54.3 Å². The van der Waals surface area contributed by atoms with Crippen LogP contribution in [0.2, 0.25) is 0 Å². The molecule has 0 spiro atoms. The molecule has 0 aliphatic carbocycles. The highest BCUT2D eigenvalue weighted by molar-refractivity contribution is 5.98. The van der Waals surface area contributed by atoms with Gasteiger partial charge in [0.15, 0.2) is 0 Å². The molecule has 0 saturated carbocycles. The normalized spacial score (nSPS) is 18.0. The molecule has 1 aliphatic heterocycles. The van der Waals surface area contributed by atoms with Gasteiger partial charge in [0, 0.05) is 17.4 Å². The molecule has 1 atom stereocenters. The maximum atomic E-state index is 12.9. The average molecular weight is 320 g/mol. The number of hydrogen-bond donors (Lipinski definition) is 1. The van der Waals surface area contributed by atoms with Crippen LogP contribution >= 0.6 is 0 Å². The predicted octanol–water partition coefficient (Wildman–Crippen LogP) is 3.69. The number of H-pyrrole nitrogens is 1. The number of morpholine rings is 1. The summed E-state index contributed by atoms with van der Waals surface area (Å²) in [4.78, 5) is 18.0. The zero-order valence-corrected chi connectivity index (χ0v) is 13.7. The van der Waals surface area contributed by atoms with Gasteiger partial charge in [0.2, 0.25) is 0 Å². The van der Waals surface area contributed by atoms with Gasteiger partial charge in [-0.15, -0.1) is 0 Å². The van der Waals surface area contributed by atoms with E-state index in [4.69, 9.17) is 4.74 Å². The lowest BCUT2D eigenvalue weighted by Gasteiger charge is -2.33. The van der Waals surface area contributed by atoms with Crippen LogP contribution in [-0.2, 0) is 4.74 Å². The van der Waals surface area contributed by atoms with Crippen LogP contribution in [0.4, 0.5) is 0 Å². The summed E-state index contributed by atoms with van der Waals surface area (Å²) in [6.07, 6.45) is -0.0597. The van der Waals surface area contributed by atoms with Crippen molar-refractivity contribution in [2.75, 3.05) is 19.7 Å². The van der Waals surface area contributed by atoms with Crippen LogP contribution in [-0.4, -0.2) is 35.5 Å². The average Bonchev–Trinajstić information content (AvgIpc) is 3.05. The van der Waals surface area contributed by atoms with E-state index in [-0.39, 0.29) is 12.0 Å². The van der Waals surface area contributed by atoms with Gasteiger partial charge < -0.3 is 14.6 Å². The Balaban J connectivity index is 1.56. The third-order valence-electron chi connectivity index (χ3n) is 4.53. The Bertz CT molecular complexity index is 870. The summed E-state index contributed by atoms with van der Waals surface area (Å²) in [6, 6.07) is 18.2. The largest absolute Gasteiger partial charge is 0.370 e. The molecule has 0 radical (unpaired) electrons. The van der Waals surface area contributed by atoms with E-state index in [0.717, 1.165) is 16.5 Å². The number of aromatic amines is 1. The first kappa shape index (κ1) is 15.0. The van der Waals surface area contributed by atoms with Crippen LogP contribution in [0.5, 0.6) is 0 Å². The quantitative estimate of drug-likeness (QED) is 0.783. The minimum atomic E-state index is -0.0597. The number of carbonyl (C=O) groups excluding carboxylic acids is 1. The first-order valence-electron chi connectivity index (χ1n) is 8.26. The van der Waals surface area contributed by atoms with Crippen molar-refractivity contribution in [2.24, 2.45) is 0 Å². The summed E-state index contributed by atoms with van der Waals surface area (Å²) in [6.45, 7) is 3.81. The van der Waals surface area contributed by atoms with Crippen LogP contribution in [0.15, 0.2) is 54.6 Å². The van der Waals surface area contributed by atoms with E-state index in [9.17, 15) is 4.79 Å². The number of aryl methyl sites for hydroxylation is 1. The van der Waals surface area contributed by atoms with Gasteiger partial charge in [-0.3, -0.25) is 4.79 Å². The second-order valence-corrected chi connectivity index (χ2v) is 6.30. The molecule has 1 aliphatic rings. The van der Waals surface area contributed by atoms with E-state index in [1.165, 1.54) is 5.56 Å². The van der Waals surface area contributed by atoms with Gasteiger partial charge in [-0.1, -0.05) is 42.5 Å². The fourth-order valence-corrected chi connectivity index (χ4v) is 3.23. The summed E-state index contributed by atoms with van der Waals surface area (Å²) < 4.78 is 5.85. The molecule has 122 valence electrons. The number of nitrogens with zero attached hydrogens (tertiary/aromatic N) is 1. The van der Waals surface area contributed by atoms with Crippen LogP contribution in [0, 0.1) is 6.92 Å². The van der Waals surface area contributed by atoms with Crippen molar-refractivity contribution in [2.45, 2.75) is 13.0 Å². The Labute approximate surface area is 141 Å². The lowest BCUT2D eigenvalue weighted by Crippen LogP contribution is -2.42. The van der Waals surface area contributed by atoms with Gasteiger partial charge in [-0.2, -0.15) is 0 Å². The van der Waals surface area contributed by atoms with E-state index in [0.29, 0.717) is 25.4 Å². The molecule has 1 saturated heterocycles. The van der Waals surface area contributed by atoms with Gasteiger partial charge in [0.05, 0.1) is 13.2 Å². The van der Waals surface area contributed by atoms with Crippen molar-refractivity contribution in [3.63, 3.8) is 0 Å². The second-order valence-electron chi connectivity index (χ2n) is 6.30. The number of amides is 1. The zero-order valence-electron chi connectivity index (χ0n) is 13.7. The molecule has 1 unspecified atom stereocenters. The van der Waals surface area contributed by atoms with Crippen molar-refractivity contribution in [3.05, 3.63) is 71.4 Å². The fourth-order valence-electron chi connectivity index (χ4n) is 3.23. The predicted molar refractivity (Wildman–Crippen MR) is 94.1 cm³/mol. The highest BCUT2D eigenvalue weighted by atomic mass is 16.5. The number of nitrogens with one attached hydrogen (secondary N) is 1. The SMILES string of the molecule is Cc1ccc2cc(C(=O)N3CCOC(c4ccccc4)C3)[nH]c2c1. The molecule has 0 bridgehead atoms. The molecule has 4 rings (SSSR count). The van der Waals surface area contributed by atoms with Crippen LogP contribution in [0.1, 0.15) is 27.7 Å². The summed E-state index contributed by atoms with van der Waals surface area (Å²) in [5.74, 6) is 0.0353. The minimum absolute atomic E-state index is 0.0353. The topological polar surface area (TPSA) is 45.3 Å². The molecule has 2 aromatic carbocycles. The Kier molecular flexibility index (Phi) is 3.82. The molecule has 1 N–H and O–H groups in total. The number of aromatic nitrogens is 1. The van der Waals surface area contributed by atoms with Crippen LogP contribution in [0.25, 0.3) is 10.9 Å². The van der Waals surface area contributed by atoms with Crippen LogP contribution < -0.4 is 0 Å². The summed E-state index contributed by atoms with van der Waals surface area (Å²) in [5.41, 5.74) is 3.94. The number of benzene rings is 2. The van der Waals surface area contributed by atoms with Gasteiger partial charge >= 0.3 is 0 Å². The monoisotopic (exact) mass is 320 g/mol. The second kappa shape index (κ2) is 6.13. The number of hydrogen-bond acceptors (Lipinski definition) is 2. The first-order valence-corrected chi connectivity index (χ1v) is 8.26. The fraction of sp³-hybridized carbons (Fsp3) is 0.250. The van der Waals surface area contributed by atoms with Crippen LogP contribution in [0.3, 0.4) is 0 Å². The van der Waals surface area contributed by atoms with Crippen molar-refractivity contribution < 1.29 is 9.53 Å². The maximum Gasteiger partial charge on any atom is 0.270 e. The lowest BCUT2D eigenvalue weighted by atomic mass is 10.1. The number of carbonyl (C=O) groups is 1. The number of rotatable bonds is 2. The molecule has 4 nitrogen and oxygen atoms in total. The van der Waals surface area contributed by atoms with E-state index in [2.05, 4.69) is 17.1 Å². The highest BCUT2D eigenvalue weighted by Crippen LogP contribution is 2.24. The molecule has 1 amide bonds. The lowest BCUT2D eigenvalue weighted by molar-refractivity contribution is -0.0229. The van der Waals surface area contributed by atoms with Crippen molar-refractivity contribution in [1.82, 2.24) is 9.88 Å². The summed E-state index contributed by atoms with van der Waals surface area (Å²) >= 11 is 0. The van der Waals surface area contributed by atoms with Crippen molar-refractivity contribution in [1.29, 1.82) is 0 Å². The Morgan fingerprint density at radius 1 is 1.17 bits per heavy atom. The Morgan fingerprint density at radius 3 is 2.83 bits per heavy atom. The molecule has 4 heteroatoms. The first-order chi connectivity index (χ1) is 11.7. The third-order valence-corrected chi connectivity index (χ3v) is 4.53. The maximum absolute atomic E-state index is 12.9. The molecular formula is C20H20N2O2. The van der Waals surface area contributed by atoms with Gasteiger partial charge in [-0.25, -0.2) is 0 Å². The smallest absolute Gasteiger partial charge is 0.270 e. The molecule has 2 heterocycles. The minimum Gasteiger partial charge on any atom is -0.370 e. The summed E-state index contributed by atoms with van der Waals surface area (Å²) in [7, 11) is 0. The standard InChI is InChI=1S/C20H20N2O2/c1-14-7-8-16-12-18(21-17(16)11-14)20(23)22-9-10-24-19(13-22)15-5-3-2-4-6-15/h2-8,11-12,19,21H,9-10,13H2,1H3. The number of ether oxygens (including phenoxy) is 1. The van der Waals surface area contributed by atoms with Gasteiger partial charge in [0.25, 0.3) is 5.91 Å². The number of fused-ring (bicyclic) bond motifs is 1. The van der Waals surface area contributed by atoms with E-state index >= 15 is 0 Å². The van der Waals surface area contributed by atoms with Gasteiger partial charge in [0.1, 0.15) is 11.8 Å². The van der Waals surface area contributed by atoms with Crippen molar-refractivity contribution in [3.8, 4) is 0 Å².